The summed E-state index contributed by atoms with van der Waals surface area (Å²) in [5, 5.41) is 0.820. The van der Waals surface area contributed by atoms with Crippen LogP contribution in [0.5, 0.6) is 0 Å². The minimum atomic E-state index is 0.486. The van der Waals surface area contributed by atoms with E-state index in [-0.39, 0.29) is 0 Å². The predicted octanol–water partition coefficient (Wildman–Crippen LogP) is 1.55. The Hall–Kier alpha value is 0.270. The summed E-state index contributed by atoms with van der Waals surface area (Å²) in [4.78, 5) is 2.59. The lowest BCUT2D eigenvalue weighted by molar-refractivity contribution is 0.270. The van der Waals surface area contributed by atoms with Gasteiger partial charge >= 0.3 is 0 Å². The van der Waals surface area contributed by atoms with E-state index in [1.807, 2.05) is 0 Å². The zero-order valence-electron chi connectivity index (χ0n) is 9.11. The molecule has 3 heteroatoms. The Kier molecular flexibility index (Phi) is 3.74. The van der Waals surface area contributed by atoms with Crippen LogP contribution in [0.4, 0.5) is 0 Å². The molecular weight excluding hydrogens is 192 g/mol. The standard InChI is InChI=1S/C11H22N2S/c1-9-8-13(6-7-14-9)5-4-11(12)10-2-3-10/h9-11H,2-8,12H2,1H3. The first kappa shape index (κ1) is 10.8. The van der Waals surface area contributed by atoms with Crippen molar-refractivity contribution in [3.63, 3.8) is 0 Å². The van der Waals surface area contributed by atoms with Crippen LogP contribution in [0.2, 0.25) is 0 Å². The fourth-order valence-corrected chi connectivity index (χ4v) is 3.27. The Morgan fingerprint density at radius 1 is 1.50 bits per heavy atom. The summed E-state index contributed by atoms with van der Waals surface area (Å²) in [7, 11) is 0. The fourth-order valence-electron chi connectivity index (χ4n) is 2.19. The number of nitrogens with two attached hydrogens (primary N) is 1. The molecule has 0 radical (unpaired) electrons. The Labute approximate surface area is 91.6 Å². The molecule has 14 heavy (non-hydrogen) atoms. The monoisotopic (exact) mass is 214 g/mol. The zero-order valence-corrected chi connectivity index (χ0v) is 9.93. The van der Waals surface area contributed by atoms with Gasteiger partial charge in [-0.05, 0) is 31.7 Å². The maximum absolute atomic E-state index is 6.10. The number of hydrogen-bond acceptors (Lipinski definition) is 3. The van der Waals surface area contributed by atoms with Gasteiger partial charge in [0, 0.05) is 30.1 Å². The third-order valence-electron chi connectivity index (χ3n) is 3.33. The molecule has 1 saturated heterocycles. The van der Waals surface area contributed by atoms with Crippen LogP contribution < -0.4 is 5.73 Å². The molecule has 0 bridgehead atoms. The summed E-state index contributed by atoms with van der Waals surface area (Å²) in [5.74, 6) is 2.17. The van der Waals surface area contributed by atoms with Crippen LogP contribution in [0.15, 0.2) is 0 Å². The van der Waals surface area contributed by atoms with Crippen molar-refractivity contribution in [1.82, 2.24) is 4.90 Å². The average Bonchev–Trinajstić information content (AvgIpc) is 2.97. The highest BCUT2D eigenvalue weighted by Gasteiger charge is 2.28. The van der Waals surface area contributed by atoms with Crippen LogP contribution in [0.1, 0.15) is 26.2 Å². The smallest absolute Gasteiger partial charge is 0.0147 e. The third kappa shape index (κ3) is 3.14. The summed E-state index contributed by atoms with van der Waals surface area (Å²) < 4.78 is 0. The molecule has 82 valence electrons. The van der Waals surface area contributed by atoms with E-state index >= 15 is 0 Å². The molecule has 0 aromatic rings. The molecule has 2 atom stereocenters. The molecule has 2 nitrogen and oxygen atoms in total. The zero-order chi connectivity index (χ0) is 9.97. The van der Waals surface area contributed by atoms with Crippen LogP contribution in [-0.4, -0.2) is 41.6 Å². The van der Waals surface area contributed by atoms with Crippen molar-refractivity contribution in [2.24, 2.45) is 11.7 Å². The van der Waals surface area contributed by atoms with Gasteiger partial charge in [-0.3, -0.25) is 0 Å². The van der Waals surface area contributed by atoms with Gasteiger partial charge in [-0.15, -0.1) is 0 Å². The van der Waals surface area contributed by atoms with Crippen molar-refractivity contribution in [1.29, 1.82) is 0 Å². The number of thioether (sulfide) groups is 1. The second-order valence-corrected chi connectivity index (χ2v) is 6.32. The summed E-state index contributed by atoms with van der Waals surface area (Å²) in [5.41, 5.74) is 6.10. The SMILES string of the molecule is CC1CN(CCC(N)C2CC2)CCS1. The van der Waals surface area contributed by atoms with Gasteiger partial charge in [0.2, 0.25) is 0 Å². The lowest BCUT2D eigenvalue weighted by Gasteiger charge is -2.31. The highest BCUT2D eigenvalue weighted by atomic mass is 32.2. The van der Waals surface area contributed by atoms with E-state index in [1.54, 1.807) is 0 Å². The summed E-state index contributed by atoms with van der Waals surface area (Å²) >= 11 is 2.10. The molecule has 2 unspecified atom stereocenters. The van der Waals surface area contributed by atoms with Gasteiger partial charge < -0.3 is 10.6 Å². The van der Waals surface area contributed by atoms with E-state index in [4.69, 9.17) is 5.73 Å². The van der Waals surface area contributed by atoms with Gasteiger partial charge in [0.15, 0.2) is 0 Å². The van der Waals surface area contributed by atoms with Gasteiger partial charge in [0.05, 0.1) is 0 Å². The number of nitrogens with zero attached hydrogens (tertiary/aromatic N) is 1. The van der Waals surface area contributed by atoms with E-state index in [9.17, 15) is 0 Å². The van der Waals surface area contributed by atoms with Gasteiger partial charge in [0.1, 0.15) is 0 Å². The number of hydrogen-bond donors (Lipinski definition) is 1. The van der Waals surface area contributed by atoms with Crippen LogP contribution in [0, 0.1) is 5.92 Å². The molecule has 1 saturated carbocycles. The molecule has 2 N–H and O–H groups in total. The molecule has 1 heterocycles. The van der Waals surface area contributed by atoms with Crippen molar-refractivity contribution < 1.29 is 0 Å². The van der Waals surface area contributed by atoms with E-state index < -0.39 is 0 Å². The minimum Gasteiger partial charge on any atom is -0.327 e. The molecule has 2 aliphatic rings. The van der Waals surface area contributed by atoms with Crippen molar-refractivity contribution >= 4 is 11.8 Å². The minimum absolute atomic E-state index is 0.486. The van der Waals surface area contributed by atoms with Crippen LogP contribution in [0.25, 0.3) is 0 Å². The third-order valence-corrected chi connectivity index (χ3v) is 4.47. The second kappa shape index (κ2) is 4.86. The van der Waals surface area contributed by atoms with E-state index in [0.29, 0.717) is 6.04 Å². The fraction of sp³-hybridized carbons (Fsp3) is 1.00. The molecule has 0 amide bonds. The largest absolute Gasteiger partial charge is 0.327 e. The summed E-state index contributed by atoms with van der Waals surface area (Å²) in [6.07, 6.45) is 3.98. The Morgan fingerprint density at radius 2 is 2.29 bits per heavy atom. The second-order valence-electron chi connectivity index (χ2n) is 4.77. The highest BCUT2D eigenvalue weighted by Crippen LogP contribution is 2.33. The first-order valence-electron chi connectivity index (χ1n) is 5.85. The average molecular weight is 214 g/mol. The lowest BCUT2D eigenvalue weighted by Crippen LogP contribution is -2.39. The van der Waals surface area contributed by atoms with E-state index in [2.05, 4.69) is 23.6 Å². The Bertz CT molecular complexity index is 182. The molecule has 0 aromatic carbocycles. The van der Waals surface area contributed by atoms with Gasteiger partial charge in [-0.25, -0.2) is 0 Å². The van der Waals surface area contributed by atoms with E-state index in [1.165, 1.54) is 44.6 Å². The number of rotatable bonds is 4. The van der Waals surface area contributed by atoms with Crippen molar-refractivity contribution in [2.75, 3.05) is 25.4 Å². The summed E-state index contributed by atoms with van der Waals surface area (Å²) in [6.45, 7) is 6.09. The molecule has 1 aliphatic heterocycles. The van der Waals surface area contributed by atoms with Gasteiger partial charge in [-0.2, -0.15) is 11.8 Å². The van der Waals surface area contributed by atoms with Crippen LogP contribution in [0.3, 0.4) is 0 Å². The Balaban J connectivity index is 1.63. The quantitative estimate of drug-likeness (QED) is 0.770. The van der Waals surface area contributed by atoms with Gasteiger partial charge in [-0.1, -0.05) is 6.92 Å². The van der Waals surface area contributed by atoms with Crippen molar-refractivity contribution in [3.05, 3.63) is 0 Å². The molecule has 1 aliphatic carbocycles. The molecule has 2 fully saturated rings. The molecular formula is C11H22N2S. The summed E-state index contributed by atoms with van der Waals surface area (Å²) in [6, 6.07) is 0.486. The Morgan fingerprint density at radius 3 is 2.93 bits per heavy atom. The predicted molar refractivity (Wildman–Crippen MR) is 63.7 cm³/mol. The first-order valence-corrected chi connectivity index (χ1v) is 6.90. The highest BCUT2D eigenvalue weighted by molar-refractivity contribution is 7.99. The van der Waals surface area contributed by atoms with Crippen LogP contribution >= 0.6 is 11.8 Å². The normalized spacial score (nSPS) is 31.7. The molecule has 0 spiro atoms. The van der Waals surface area contributed by atoms with Crippen molar-refractivity contribution in [3.8, 4) is 0 Å². The topological polar surface area (TPSA) is 29.3 Å². The van der Waals surface area contributed by atoms with Gasteiger partial charge in [0.25, 0.3) is 0 Å². The molecule has 0 aromatic heterocycles. The van der Waals surface area contributed by atoms with E-state index in [0.717, 1.165) is 11.2 Å². The van der Waals surface area contributed by atoms with Crippen LogP contribution in [-0.2, 0) is 0 Å². The maximum Gasteiger partial charge on any atom is 0.0147 e. The maximum atomic E-state index is 6.10. The van der Waals surface area contributed by atoms with Crippen molar-refractivity contribution in [2.45, 2.75) is 37.5 Å². The first-order chi connectivity index (χ1) is 6.75. The lowest BCUT2D eigenvalue weighted by atomic mass is 10.1. The molecule has 2 rings (SSSR count).